The van der Waals surface area contributed by atoms with E-state index in [-0.39, 0.29) is 5.92 Å². The summed E-state index contributed by atoms with van der Waals surface area (Å²) in [5, 5.41) is 0. The summed E-state index contributed by atoms with van der Waals surface area (Å²) in [4.78, 5) is 14.1. The van der Waals surface area contributed by atoms with Gasteiger partial charge in [0, 0.05) is 32.2 Å². The van der Waals surface area contributed by atoms with E-state index in [0.717, 1.165) is 39.1 Å². The summed E-state index contributed by atoms with van der Waals surface area (Å²) in [6, 6.07) is 0. The van der Waals surface area contributed by atoms with E-state index in [1.807, 2.05) is 0 Å². The summed E-state index contributed by atoms with van der Waals surface area (Å²) in [5.41, 5.74) is 0. The molecule has 0 atom stereocenters. The first-order valence-electron chi connectivity index (χ1n) is 5.74. The van der Waals surface area contributed by atoms with Crippen molar-refractivity contribution in [3.05, 3.63) is 0 Å². The summed E-state index contributed by atoms with van der Waals surface area (Å²) in [7, 11) is 0. The molecular weight excluding hydrogens is 178 g/mol. The van der Waals surface area contributed by atoms with Crippen LogP contribution in [0, 0.1) is 5.92 Å². The number of piperidine rings is 1. The fourth-order valence-corrected chi connectivity index (χ4v) is 2.32. The molecule has 3 heteroatoms. The van der Waals surface area contributed by atoms with Gasteiger partial charge in [-0.15, -0.1) is 0 Å². The van der Waals surface area contributed by atoms with Crippen molar-refractivity contribution in [3.8, 4) is 0 Å². The van der Waals surface area contributed by atoms with Crippen molar-refractivity contribution in [2.24, 2.45) is 5.92 Å². The molecule has 1 amide bonds. The van der Waals surface area contributed by atoms with Crippen LogP contribution in [0.2, 0.25) is 0 Å². The summed E-state index contributed by atoms with van der Waals surface area (Å²) in [5.74, 6) is 0.634. The highest BCUT2D eigenvalue weighted by molar-refractivity contribution is 5.79. The van der Waals surface area contributed by atoms with Crippen LogP contribution in [-0.2, 0) is 9.53 Å². The molecule has 2 aliphatic rings. The molecule has 2 heterocycles. The predicted molar refractivity (Wildman–Crippen MR) is 54.0 cm³/mol. The van der Waals surface area contributed by atoms with Gasteiger partial charge >= 0.3 is 0 Å². The van der Waals surface area contributed by atoms with Gasteiger partial charge in [0.1, 0.15) is 0 Å². The zero-order chi connectivity index (χ0) is 9.80. The van der Waals surface area contributed by atoms with Crippen LogP contribution < -0.4 is 0 Å². The van der Waals surface area contributed by atoms with E-state index in [4.69, 9.17) is 4.74 Å². The van der Waals surface area contributed by atoms with Crippen LogP contribution in [0.15, 0.2) is 0 Å². The van der Waals surface area contributed by atoms with Crippen molar-refractivity contribution in [3.63, 3.8) is 0 Å². The number of hydrogen-bond acceptors (Lipinski definition) is 2. The average molecular weight is 197 g/mol. The molecule has 0 N–H and O–H groups in total. The van der Waals surface area contributed by atoms with Crippen molar-refractivity contribution in [2.75, 3.05) is 26.3 Å². The number of nitrogens with zero attached hydrogens (tertiary/aromatic N) is 1. The quantitative estimate of drug-likeness (QED) is 0.636. The van der Waals surface area contributed by atoms with Gasteiger partial charge in [0.25, 0.3) is 0 Å². The monoisotopic (exact) mass is 197 g/mol. The minimum Gasteiger partial charge on any atom is -0.381 e. The van der Waals surface area contributed by atoms with Crippen LogP contribution in [0.25, 0.3) is 0 Å². The first-order chi connectivity index (χ1) is 6.88. The fraction of sp³-hybridized carbons (Fsp3) is 0.909. The van der Waals surface area contributed by atoms with Gasteiger partial charge in [-0.05, 0) is 32.1 Å². The Bertz CT molecular complexity index is 173. The van der Waals surface area contributed by atoms with Crippen LogP contribution in [0.4, 0.5) is 0 Å². The van der Waals surface area contributed by atoms with Crippen molar-refractivity contribution < 1.29 is 9.53 Å². The molecule has 0 spiro atoms. The number of carbonyl (C=O) groups is 1. The number of ether oxygens (including phenoxy) is 1. The van der Waals surface area contributed by atoms with Gasteiger partial charge in [-0.2, -0.15) is 0 Å². The van der Waals surface area contributed by atoms with E-state index in [2.05, 4.69) is 4.90 Å². The highest BCUT2D eigenvalue weighted by Crippen LogP contribution is 2.20. The van der Waals surface area contributed by atoms with Gasteiger partial charge in [0.2, 0.25) is 5.91 Å². The molecule has 0 aromatic carbocycles. The third kappa shape index (κ3) is 2.27. The molecular formula is C11H19NO2. The lowest BCUT2D eigenvalue weighted by Crippen LogP contribution is -2.41. The number of likely N-dealkylation sites (tertiary alicyclic amines) is 1. The average Bonchev–Trinajstić information content (AvgIpc) is 2.30. The van der Waals surface area contributed by atoms with E-state index in [1.165, 1.54) is 19.3 Å². The van der Waals surface area contributed by atoms with Crippen LogP contribution in [0.3, 0.4) is 0 Å². The van der Waals surface area contributed by atoms with Gasteiger partial charge in [0.15, 0.2) is 0 Å². The van der Waals surface area contributed by atoms with Gasteiger partial charge in [-0.3, -0.25) is 4.79 Å². The molecule has 80 valence electrons. The number of rotatable bonds is 1. The number of hydrogen-bond donors (Lipinski definition) is 0. The Labute approximate surface area is 85.4 Å². The lowest BCUT2D eigenvalue weighted by Gasteiger charge is -2.31. The first kappa shape index (κ1) is 9.97. The van der Waals surface area contributed by atoms with Crippen LogP contribution in [0.5, 0.6) is 0 Å². The van der Waals surface area contributed by atoms with Crippen molar-refractivity contribution in [1.82, 2.24) is 4.90 Å². The SMILES string of the molecule is O=C(C1CCOCC1)N1CCCCC1. The molecule has 2 saturated heterocycles. The summed E-state index contributed by atoms with van der Waals surface area (Å²) >= 11 is 0. The topological polar surface area (TPSA) is 29.5 Å². The molecule has 0 aromatic heterocycles. The summed E-state index contributed by atoms with van der Waals surface area (Å²) in [6.45, 7) is 3.50. The van der Waals surface area contributed by atoms with Gasteiger partial charge in [-0.25, -0.2) is 0 Å². The lowest BCUT2D eigenvalue weighted by molar-refractivity contribution is -0.139. The molecule has 0 radical (unpaired) electrons. The Hall–Kier alpha value is -0.570. The third-order valence-corrected chi connectivity index (χ3v) is 3.24. The molecule has 0 bridgehead atoms. The molecule has 2 rings (SSSR count). The van der Waals surface area contributed by atoms with Crippen molar-refractivity contribution in [2.45, 2.75) is 32.1 Å². The molecule has 0 aromatic rings. The molecule has 3 nitrogen and oxygen atoms in total. The second kappa shape index (κ2) is 4.78. The minimum absolute atomic E-state index is 0.252. The summed E-state index contributed by atoms with van der Waals surface area (Å²) < 4.78 is 5.27. The van der Waals surface area contributed by atoms with E-state index in [9.17, 15) is 4.79 Å². The first-order valence-corrected chi connectivity index (χ1v) is 5.74. The fourth-order valence-electron chi connectivity index (χ4n) is 2.32. The number of amides is 1. The Morgan fingerprint density at radius 1 is 1.07 bits per heavy atom. The smallest absolute Gasteiger partial charge is 0.225 e. The van der Waals surface area contributed by atoms with E-state index < -0.39 is 0 Å². The molecule has 0 saturated carbocycles. The minimum atomic E-state index is 0.252. The Morgan fingerprint density at radius 3 is 2.36 bits per heavy atom. The zero-order valence-corrected chi connectivity index (χ0v) is 8.71. The van der Waals surface area contributed by atoms with Gasteiger partial charge in [0.05, 0.1) is 0 Å². The van der Waals surface area contributed by atoms with E-state index >= 15 is 0 Å². The molecule has 14 heavy (non-hydrogen) atoms. The van der Waals surface area contributed by atoms with Crippen molar-refractivity contribution >= 4 is 5.91 Å². The largest absolute Gasteiger partial charge is 0.381 e. The van der Waals surface area contributed by atoms with Crippen molar-refractivity contribution in [1.29, 1.82) is 0 Å². The number of carbonyl (C=O) groups excluding carboxylic acids is 1. The Balaban J connectivity index is 1.85. The standard InChI is InChI=1S/C11H19NO2/c13-11(10-4-8-14-9-5-10)12-6-2-1-3-7-12/h10H,1-9H2. The van der Waals surface area contributed by atoms with Gasteiger partial charge in [-0.1, -0.05) is 0 Å². The molecule has 2 fully saturated rings. The van der Waals surface area contributed by atoms with Crippen LogP contribution in [0.1, 0.15) is 32.1 Å². The molecule has 2 aliphatic heterocycles. The highest BCUT2D eigenvalue weighted by atomic mass is 16.5. The highest BCUT2D eigenvalue weighted by Gasteiger charge is 2.26. The molecule has 0 unspecified atom stereocenters. The third-order valence-electron chi connectivity index (χ3n) is 3.24. The van der Waals surface area contributed by atoms with Crippen LogP contribution in [-0.4, -0.2) is 37.1 Å². The second-order valence-corrected chi connectivity index (χ2v) is 4.27. The van der Waals surface area contributed by atoms with Gasteiger partial charge < -0.3 is 9.64 Å². The van der Waals surface area contributed by atoms with Crippen LogP contribution >= 0.6 is 0 Å². The summed E-state index contributed by atoms with van der Waals surface area (Å²) in [6.07, 6.45) is 5.52. The van der Waals surface area contributed by atoms with E-state index in [0.29, 0.717) is 5.91 Å². The maximum absolute atomic E-state index is 12.0. The molecule has 0 aliphatic carbocycles. The Morgan fingerprint density at radius 2 is 1.71 bits per heavy atom. The lowest BCUT2D eigenvalue weighted by atomic mass is 9.97. The maximum atomic E-state index is 12.0. The maximum Gasteiger partial charge on any atom is 0.225 e. The Kier molecular flexibility index (Phi) is 3.40. The normalized spacial score (nSPS) is 25.0. The second-order valence-electron chi connectivity index (χ2n) is 4.27. The zero-order valence-electron chi connectivity index (χ0n) is 8.71. The predicted octanol–water partition coefficient (Wildman–Crippen LogP) is 1.43. The van der Waals surface area contributed by atoms with E-state index in [1.54, 1.807) is 0 Å².